The molecule has 2 bridgehead atoms. The summed E-state index contributed by atoms with van der Waals surface area (Å²) in [6.45, 7) is 5.90. The molecule has 2 aliphatic carbocycles. The molecule has 4 aromatic rings. The molecule has 12 nitrogen and oxygen atoms in total. The first kappa shape index (κ1) is 34.6. The summed E-state index contributed by atoms with van der Waals surface area (Å²) >= 11 is 6.95. The summed E-state index contributed by atoms with van der Waals surface area (Å²) in [5.41, 5.74) is 7.11. The molecule has 0 saturated heterocycles. The zero-order chi connectivity index (χ0) is 36.4. The van der Waals surface area contributed by atoms with Gasteiger partial charge < -0.3 is 30.2 Å². The fourth-order valence-corrected chi connectivity index (χ4v) is 9.52. The van der Waals surface area contributed by atoms with Gasteiger partial charge in [-0.15, -0.1) is 0 Å². The largest absolute Gasteiger partial charge is 0.481 e. The number of anilines is 2. The van der Waals surface area contributed by atoms with Crippen molar-refractivity contribution in [1.82, 2.24) is 29.3 Å². The SMILES string of the molecule is Cc1c(NC(=O)c2nc3c(n2C)CCN(CCC24CCC(C(=O)O)(CC2)C4)C3)cccc1-c1cccc(NC(=O)c2nc3c(n2C)CCNC3)c1Cl. The molecule has 0 spiro atoms. The van der Waals surface area contributed by atoms with E-state index in [-0.39, 0.29) is 17.2 Å². The van der Waals surface area contributed by atoms with E-state index in [1.54, 1.807) is 6.07 Å². The molecule has 2 aliphatic heterocycles. The summed E-state index contributed by atoms with van der Waals surface area (Å²) in [5, 5.41) is 19.6. The van der Waals surface area contributed by atoms with Crippen LogP contribution in [0.2, 0.25) is 5.02 Å². The number of carbonyl (C=O) groups is 3. The Kier molecular flexibility index (Phi) is 8.74. The van der Waals surface area contributed by atoms with E-state index < -0.39 is 11.4 Å². The number of amides is 2. The average molecular weight is 725 g/mol. The number of aromatic nitrogens is 4. The van der Waals surface area contributed by atoms with Crippen LogP contribution in [0.5, 0.6) is 0 Å². The first-order valence-electron chi connectivity index (χ1n) is 18.2. The maximum Gasteiger partial charge on any atom is 0.309 e. The van der Waals surface area contributed by atoms with Crippen LogP contribution in [0.4, 0.5) is 11.4 Å². The van der Waals surface area contributed by atoms with Gasteiger partial charge in [-0.25, -0.2) is 9.97 Å². The number of halogens is 1. The second-order valence-corrected chi connectivity index (χ2v) is 15.7. The van der Waals surface area contributed by atoms with E-state index in [0.717, 1.165) is 110 Å². The van der Waals surface area contributed by atoms with E-state index in [4.69, 9.17) is 16.6 Å². The molecule has 4 aliphatic rings. The Morgan fingerprint density at radius 1 is 0.885 bits per heavy atom. The molecule has 13 heteroatoms. The number of nitrogens with one attached hydrogen (secondary N) is 3. The van der Waals surface area contributed by atoms with Crippen LogP contribution < -0.4 is 16.0 Å². The predicted molar refractivity (Wildman–Crippen MR) is 199 cm³/mol. The van der Waals surface area contributed by atoms with Crippen molar-refractivity contribution in [1.29, 1.82) is 0 Å². The number of hydrogen-bond donors (Lipinski definition) is 4. The number of rotatable bonds is 9. The highest BCUT2D eigenvalue weighted by Gasteiger charge is 2.57. The molecular formula is C39H45ClN8O4. The number of carbonyl (C=O) groups excluding carboxylic acids is 2. The second-order valence-electron chi connectivity index (χ2n) is 15.3. The minimum absolute atomic E-state index is 0.150. The fourth-order valence-electron chi connectivity index (χ4n) is 9.24. The fraction of sp³-hybridized carbons (Fsp3) is 0.462. The summed E-state index contributed by atoms with van der Waals surface area (Å²) in [7, 11) is 3.76. The van der Waals surface area contributed by atoms with Crippen molar-refractivity contribution < 1.29 is 19.5 Å². The van der Waals surface area contributed by atoms with Crippen molar-refractivity contribution in [2.24, 2.45) is 24.9 Å². The number of aliphatic carboxylic acids is 1. The van der Waals surface area contributed by atoms with Crippen LogP contribution in [0.15, 0.2) is 36.4 Å². The molecular weight excluding hydrogens is 680 g/mol. The predicted octanol–water partition coefficient (Wildman–Crippen LogP) is 5.72. The van der Waals surface area contributed by atoms with Crippen LogP contribution in [0.3, 0.4) is 0 Å². The molecule has 4 heterocycles. The number of carboxylic acids is 1. The first-order chi connectivity index (χ1) is 25.0. The molecule has 2 aromatic carbocycles. The van der Waals surface area contributed by atoms with E-state index in [2.05, 4.69) is 25.8 Å². The number of hydrogen-bond acceptors (Lipinski definition) is 7. The average Bonchev–Trinajstić information content (AvgIpc) is 3.90. The third-order valence-corrected chi connectivity index (χ3v) is 12.8. The summed E-state index contributed by atoms with van der Waals surface area (Å²) in [4.78, 5) is 50.8. The lowest BCUT2D eigenvalue weighted by atomic mass is 9.80. The van der Waals surface area contributed by atoms with Crippen LogP contribution in [-0.2, 0) is 44.8 Å². The van der Waals surface area contributed by atoms with Crippen molar-refractivity contribution in [2.75, 3.05) is 30.3 Å². The Morgan fingerprint density at radius 2 is 1.52 bits per heavy atom. The molecule has 0 radical (unpaired) electrons. The van der Waals surface area contributed by atoms with Gasteiger partial charge in [0.25, 0.3) is 11.8 Å². The van der Waals surface area contributed by atoms with E-state index in [1.165, 1.54) is 0 Å². The Balaban J connectivity index is 0.951. The minimum Gasteiger partial charge on any atom is -0.481 e. The monoisotopic (exact) mass is 724 g/mol. The third-order valence-electron chi connectivity index (χ3n) is 12.4. The molecule has 4 N–H and O–H groups in total. The molecule has 52 heavy (non-hydrogen) atoms. The summed E-state index contributed by atoms with van der Waals surface area (Å²) in [6.07, 6.45) is 7.06. The van der Waals surface area contributed by atoms with Crippen molar-refractivity contribution in [3.05, 3.63) is 81.4 Å². The summed E-state index contributed by atoms with van der Waals surface area (Å²) in [6, 6.07) is 11.2. The quantitative estimate of drug-likeness (QED) is 0.172. The van der Waals surface area contributed by atoms with Gasteiger partial charge in [-0.3, -0.25) is 19.3 Å². The zero-order valence-corrected chi connectivity index (χ0v) is 30.7. The minimum atomic E-state index is -0.619. The van der Waals surface area contributed by atoms with E-state index >= 15 is 0 Å². The van der Waals surface area contributed by atoms with Gasteiger partial charge >= 0.3 is 5.97 Å². The molecule has 272 valence electrons. The first-order valence-corrected chi connectivity index (χ1v) is 18.6. The highest BCUT2D eigenvalue weighted by Crippen LogP contribution is 2.63. The van der Waals surface area contributed by atoms with Crippen LogP contribution >= 0.6 is 11.6 Å². The standard InChI is InChI=1S/C39H45ClN8O4/c1-23-24(25-7-5-9-27(32(25)40)45-36(50)33-42-28-20-41-17-10-30(28)46(33)2)6-4-8-26(23)44-35(49)34-43-29-21-48(18-11-31(29)47(34)3)19-16-38-12-14-39(22-38,15-13-38)37(51)52/h4-9,41H,10-22H2,1-3H3,(H,44,49)(H,45,50)(H,51,52). The van der Waals surface area contributed by atoms with Crippen LogP contribution in [-0.4, -0.2) is 66.5 Å². The lowest BCUT2D eigenvalue weighted by Gasteiger charge is -2.32. The Morgan fingerprint density at radius 3 is 2.19 bits per heavy atom. The van der Waals surface area contributed by atoms with Gasteiger partial charge in [0.15, 0.2) is 11.6 Å². The number of imidazole rings is 2. The Bertz CT molecular complexity index is 2110. The lowest BCUT2D eigenvalue weighted by Crippen LogP contribution is -2.34. The Labute approximate surface area is 308 Å². The van der Waals surface area contributed by atoms with E-state index in [9.17, 15) is 19.5 Å². The van der Waals surface area contributed by atoms with Crippen molar-refractivity contribution in [3.8, 4) is 11.1 Å². The molecule has 8 rings (SSSR count). The van der Waals surface area contributed by atoms with Gasteiger partial charge in [0.1, 0.15) is 0 Å². The molecule has 2 amide bonds. The maximum absolute atomic E-state index is 13.7. The number of fused-ring (bicyclic) bond motifs is 4. The highest BCUT2D eigenvalue weighted by molar-refractivity contribution is 6.36. The van der Waals surface area contributed by atoms with Gasteiger partial charge in [0, 0.05) is 75.8 Å². The number of benzene rings is 2. The molecule has 2 aromatic heterocycles. The normalized spacial score (nSPS) is 22.2. The van der Waals surface area contributed by atoms with Crippen molar-refractivity contribution >= 4 is 40.8 Å². The topological polar surface area (TPSA) is 146 Å². The van der Waals surface area contributed by atoms with E-state index in [0.29, 0.717) is 41.1 Å². The van der Waals surface area contributed by atoms with E-state index in [1.807, 2.05) is 60.5 Å². The number of carboxylic acid groups (broad SMARTS) is 1. The van der Waals surface area contributed by atoms with Crippen molar-refractivity contribution in [2.45, 2.75) is 71.4 Å². The summed E-state index contributed by atoms with van der Waals surface area (Å²) in [5.74, 6) is -0.534. The third kappa shape index (κ3) is 5.90. The van der Waals surface area contributed by atoms with Crippen LogP contribution in [0, 0.1) is 17.8 Å². The van der Waals surface area contributed by atoms with Crippen molar-refractivity contribution in [3.63, 3.8) is 0 Å². The van der Waals surface area contributed by atoms with Crippen LogP contribution in [0.25, 0.3) is 11.1 Å². The zero-order valence-electron chi connectivity index (χ0n) is 29.9. The van der Waals surface area contributed by atoms with Gasteiger partial charge in [-0.05, 0) is 80.7 Å². The van der Waals surface area contributed by atoms with Crippen LogP contribution in [0.1, 0.15) is 88.1 Å². The number of nitrogens with zero attached hydrogens (tertiary/aromatic N) is 5. The maximum atomic E-state index is 13.7. The van der Waals surface area contributed by atoms with Gasteiger partial charge in [0.2, 0.25) is 0 Å². The van der Waals surface area contributed by atoms with Gasteiger partial charge in [0.05, 0.1) is 27.5 Å². The van der Waals surface area contributed by atoms with Gasteiger partial charge in [-0.2, -0.15) is 0 Å². The molecule has 2 saturated carbocycles. The smallest absolute Gasteiger partial charge is 0.309 e. The van der Waals surface area contributed by atoms with Gasteiger partial charge in [-0.1, -0.05) is 35.9 Å². The molecule has 2 fully saturated rings. The molecule has 0 atom stereocenters. The Hall–Kier alpha value is -4.52. The second kappa shape index (κ2) is 13.2. The highest BCUT2D eigenvalue weighted by atomic mass is 35.5. The summed E-state index contributed by atoms with van der Waals surface area (Å²) < 4.78 is 3.76. The molecule has 0 unspecified atom stereocenters. The lowest BCUT2D eigenvalue weighted by molar-refractivity contribution is -0.148.